The second kappa shape index (κ2) is 11.8. The number of nitrogens with zero attached hydrogens (tertiary/aromatic N) is 2. The summed E-state index contributed by atoms with van der Waals surface area (Å²) in [5.41, 5.74) is 1.08. The first-order valence-corrected chi connectivity index (χ1v) is 14.7. The number of hydrogen-bond acceptors (Lipinski definition) is 5. The molecule has 1 radical (unpaired) electrons. The van der Waals surface area contributed by atoms with E-state index in [0.29, 0.717) is 23.2 Å². The fraction of sp³-hybridized carbons (Fsp3) is 0.520. The molecule has 1 N–H and O–H groups in total. The van der Waals surface area contributed by atoms with Crippen molar-refractivity contribution in [3.8, 4) is 11.5 Å². The SMILES string of the molecule is C[Si](C)C(C)(C)COc1ccc(OC[C@H](O)CN2CCN(c3ccc(Cl)c(Cl)c3)CC2)cc1. The normalized spacial score (nSPS) is 16.2. The Balaban J connectivity index is 1.38. The average Bonchev–Trinajstić information content (AvgIpc) is 2.79. The van der Waals surface area contributed by atoms with Crippen molar-refractivity contribution in [2.24, 2.45) is 0 Å². The van der Waals surface area contributed by atoms with E-state index in [2.05, 4.69) is 36.7 Å². The van der Waals surface area contributed by atoms with Gasteiger partial charge >= 0.3 is 0 Å². The van der Waals surface area contributed by atoms with Crippen LogP contribution in [-0.4, -0.2) is 70.8 Å². The Labute approximate surface area is 209 Å². The first-order valence-electron chi connectivity index (χ1n) is 11.4. The molecule has 0 saturated carbocycles. The van der Waals surface area contributed by atoms with Gasteiger partial charge in [0.25, 0.3) is 0 Å². The summed E-state index contributed by atoms with van der Waals surface area (Å²) in [6, 6.07) is 13.4. The van der Waals surface area contributed by atoms with Crippen molar-refractivity contribution < 1.29 is 14.6 Å². The standard InChI is InChI=1S/C25H35Cl2N2O3Si/c1-25(2,33(3)4)18-32-22-8-6-21(7-9-22)31-17-20(30)16-28-11-13-29(14-12-28)19-5-10-23(26)24(27)15-19/h5-10,15,20,30H,11-14,16-18H2,1-4H3/t20-/m1/s1. The maximum atomic E-state index is 10.5. The summed E-state index contributed by atoms with van der Waals surface area (Å²) in [5.74, 6) is 1.58. The highest BCUT2D eigenvalue weighted by Gasteiger charge is 2.24. The van der Waals surface area contributed by atoms with E-state index < -0.39 is 14.9 Å². The van der Waals surface area contributed by atoms with Gasteiger partial charge in [0.05, 0.1) is 25.4 Å². The highest BCUT2D eigenvalue weighted by Crippen LogP contribution is 2.30. The van der Waals surface area contributed by atoms with Gasteiger partial charge in [0.2, 0.25) is 0 Å². The molecule has 33 heavy (non-hydrogen) atoms. The fourth-order valence-corrected chi connectivity index (χ4v) is 4.11. The molecular weight excluding hydrogens is 475 g/mol. The number of aliphatic hydroxyl groups excluding tert-OH is 1. The van der Waals surface area contributed by atoms with Gasteiger partial charge in [-0.15, -0.1) is 0 Å². The minimum atomic E-state index is -0.548. The van der Waals surface area contributed by atoms with Crippen molar-refractivity contribution in [2.45, 2.75) is 38.1 Å². The summed E-state index contributed by atoms with van der Waals surface area (Å²) in [4.78, 5) is 4.55. The second-order valence-corrected chi connectivity index (χ2v) is 13.7. The Kier molecular flexibility index (Phi) is 9.36. The Morgan fingerprint density at radius 1 is 0.939 bits per heavy atom. The van der Waals surface area contributed by atoms with Crippen LogP contribution in [0, 0.1) is 0 Å². The number of halogens is 2. The van der Waals surface area contributed by atoms with Gasteiger partial charge in [0.1, 0.15) is 24.2 Å². The van der Waals surface area contributed by atoms with Gasteiger partial charge in [-0.05, 0) is 47.5 Å². The van der Waals surface area contributed by atoms with E-state index in [1.165, 1.54) is 0 Å². The van der Waals surface area contributed by atoms with E-state index in [1.54, 1.807) is 0 Å². The maximum absolute atomic E-state index is 10.5. The average molecular weight is 511 g/mol. The van der Waals surface area contributed by atoms with Gasteiger partial charge in [-0.1, -0.05) is 50.1 Å². The monoisotopic (exact) mass is 509 g/mol. The molecule has 1 fully saturated rings. The zero-order valence-electron chi connectivity index (χ0n) is 20.0. The lowest BCUT2D eigenvalue weighted by Gasteiger charge is -2.37. The molecule has 1 aliphatic rings. The third-order valence-electron chi connectivity index (χ3n) is 6.33. The van der Waals surface area contributed by atoms with Crippen molar-refractivity contribution in [3.05, 3.63) is 52.5 Å². The van der Waals surface area contributed by atoms with Crippen LogP contribution in [-0.2, 0) is 0 Å². The number of benzene rings is 2. The molecule has 0 bridgehead atoms. The summed E-state index contributed by atoms with van der Waals surface area (Å²) < 4.78 is 11.8. The van der Waals surface area contributed by atoms with Crippen molar-refractivity contribution in [2.75, 3.05) is 50.8 Å². The van der Waals surface area contributed by atoms with Crippen LogP contribution in [0.2, 0.25) is 28.2 Å². The van der Waals surface area contributed by atoms with E-state index in [9.17, 15) is 5.11 Å². The van der Waals surface area contributed by atoms with Crippen LogP contribution in [0.25, 0.3) is 0 Å². The molecule has 0 unspecified atom stereocenters. The molecule has 3 rings (SSSR count). The largest absolute Gasteiger partial charge is 0.493 e. The van der Waals surface area contributed by atoms with Crippen LogP contribution < -0.4 is 14.4 Å². The second-order valence-electron chi connectivity index (χ2n) is 9.49. The molecule has 2 aromatic rings. The molecule has 1 aliphatic heterocycles. The van der Waals surface area contributed by atoms with Gasteiger partial charge < -0.3 is 19.5 Å². The lowest BCUT2D eigenvalue weighted by atomic mass is 10.2. The predicted molar refractivity (Wildman–Crippen MR) is 140 cm³/mol. The Hall–Kier alpha value is -1.44. The Morgan fingerprint density at radius 3 is 2.12 bits per heavy atom. The van der Waals surface area contributed by atoms with Crippen LogP contribution >= 0.6 is 23.2 Å². The minimum absolute atomic E-state index is 0.220. The molecule has 8 heteroatoms. The van der Waals surface area contributed by atoms with Crippen molar-refractivity contribution >= 4 is 37.7 Å². The van der Waals surface area contributed by atoms with Crippen LogP contribution in [0.15, 0.2) is 42.5 Å². The van der Waals surface area contributed by atoms with Crippen LogP contribution in [0.5, 0.6) is 11.5 Å². The lowest BCUT2D eigenvalue weighted by molar-refractivity contribution is 0.0663. The molecule has 5 nitrogen and oxygen atoms in total. The molecule has 181 valence electrons. The number of β-amino-alcohol motifs (C(OH)–C–C–N with tert-alkyl or cyclic N) is 1. The summed E-state index contributed by atoms with van der Waals surface area (Å²) >= 11 is 12.2. The number of piperazine rings is 1. The smallest absolute Gasteiger partial charge is 0.119 e. The van der Waals surface area contributed by atoms with Crippen LogP contribution in [0.4, 0.5) is 5.69 Å². The third-order valence-corrected chi connectivity index (χ3v) is 9.92. The van der Waals surface area contributed by atoms with Crippen molar-refractivity contribution in [1.29, 1.82) is 0 Å². The van der Waals surface area contributed by atoms with Crippen molar-refractivity contribution in [1.82, 2.24) is 4.90 Å². The van der Waals surface area contributed by atoms with Crippen LogP contribution in [0.3, 0.4) is 0 Å². The van der Waals surface area contributed by atoms with Crippen LogP contribution in [0.1, 0.15) is 13.8 Å². The molecule has 0 amide bonds. The van der Waals surface area contributed by atoms with Gasteiger partial charge in [-0.2, -0.15) is 0 Å². The molecule has 2 aromatic carbocycles. The minimum Gasteiger partial charge on any atom is -0.493 e. The number of aliphatic hydroxyl groups is 1. The quantitative estimate of drug-likeness (QED) is 0.430. The molecule has 1 saturated heterocycles. The number of ether oxygens (including phenoxy) is 2. The molecular formula is C25H35Cl2N2O3Si. The zero-order valence-corrected chi connectivity index (χ0v) is 22.5. The fourth-order valence-electron chi connectivity index (χ4n) is 3.45. The van der Waals surface area contributed by atoms with Crippen molar-refractivity contribution in [3.63, 3.8) is 0 Å². The maximum Gasteiger partial charge on any atom is 0.119 e. The highest BCUT2D eigenvalue weighted by atomic mass is 35.5. The Morgan fingerprint density at radius 2 is 1.55 bits per heavy atom. The van der Waals surface area contributed by atoms with E-state index >= 15 is 0 Å². The van der Waals surface area contributed by atoms with E-state index in [-0.39, 0.29) is 11.6 Å². The predicted octanol–water partition coefficient (Wildman–Crippen LogP) is 5.47. The van der Waals surface area contributed by atoms with E-state index in [0.717, 1.165) is 43.4 Å². The van der Waals surface area contributed by atoms with E-state index in [1.807, 2.05) is 42.5 Å². The molecule has 0 aliphatic carbocycles. The lowest BCUT2D eigenvalue weighted by Crippen LogP contribution is -2.49. The molecule has 1 heterocycles. The number of rotatable bonds is 10. The third kappa shape index (κ3) is 7.79. The topological polar surface area (TPSA) is 45.2 Å². The van der Waals surface area contributed by atoms with Gasteiger partial charge in [-0.25, -0.2) is 0 Å². The van der Waals surface area contributed by atoms with Gasteiger partial charge in [0.15, 0.2) is 0 Å². The number of anilines is 1. The number of hydrogen-bond donors (Lipinski definition) is 1. The Bertz CT molecular complexity index is 888. The summed E-state index contributed by atoms with van der Waals surface area (Å²) in [5, 5.41) is 11.8. The van der Waals surface area contributed by atoms with Gasteiger partial charge in [-0.3, -0.25) is 4.90 Å². The first-order chi connectivity index (χ1) is 15.6. The molecule has 0 spiro atoms. The molecule has 1 atom stereocenters. The summed E-state index contributed by atoms with van der Waals surface area (Å²) in [6.45, 7) is 14.2. The molecule has 0 aromatic heterocycles. The first kappa shape index (κ1) is 26.2. The zero-order chi connectivity index (χ0) is 24.0. The highest BCUT2D eigenvalue weighted by molar-refractivity contribution is 6.59. The summed E-state index contributed by atoms with van der Waals surface area (Å²) in [7, 11) is -0.433. The van der Waals surface area contributed by atoms with E-state index in [4.69, 9.17) is 32.7 Å². The summed E-state index contributed by atoms with van der Waals surface area (Å²) in [6.07, 6.45) is -0.548. The van der Waals surface area contributed by atoms with Gasteiger partial charge in [0, 0.05) is 38.4 Å².